The van der Waals surface area contributed by atoms with Gasteiger partial charge in [-0.3, -0.25) is 19.5 Å². The zero-order valence-electron chi connectivity index (χ0n) is 16.6. The number of nitrogens with zero attached hydrogens (tertiary/aromatic N) is 3. The third-order valence-corrected chi connectivity index (χ3v) is 6.66. The summed E-state index contributed by atoms with van der Waals surface area (Å²) in [6.07, 6.45) is 1.50. The highest BCUT2D eigenvalue weighted by Gasteiger charge is 2.33. The lowest BCUT2D eigenvalue weighted by Crippen LogP contribution is -2.39. The van der Waals surface area contributed by atoms with Crippen LogP contribution >= 0.6 is 22.7 Å². The SMILES string of the molecule is CCOC(=O)C1=C(C)N=c2s/c(=C\c3ccccc3[N+](=O)[O-])c(=O)n2C1c1cccs1. The van der Waals surface area contributed by atoms with Crippen molar-refractivity contribution in [3.63, 3.8) is 0 Å². The second-order valence-electron chi connectivity index (χ2n) is 6.63. The number of carbonyl (C=O) groups is 1. The molecule has 0 saturated heterocycles. The summed E-state index contributed by atoms with van der Waals surface area (Å²) >= 11 is 2.56. The summed E-state index contributed by atoms with van der Waals surface area (Å²) < 4.78 is 7.00. The second-order valence-corrected chi connectivity index (χ2v) is 8.62. The Morgan fingerprint density at radius 2 is 2.10 bits per heavy atom. The van der Waals surface area contributed by atoms with Gasteiger partial charge < -0.3 is 4.74 Å². The number of para-hydroxylation sites is 1. The van der Waals surface area contributed by atoms with Crippen molar-refractivity contribution >= 4 is 40.4 Å². The number of hydrogen-bond donors (Lipinski definition) is 0. The van der Waals surface area contributed by atoms with Gasteiger partial charge in [-0.25, -0.2) is 9.79 Å². The van der Waals surface area contributed by atoms with Gasteiger partial charge in [-0.2, -0.15) is 0 Å². The van der Waals surface area contributed by atoms with E-state index in [0.717, 1.165) is 16.2 Å². The summed E-state index contributed by atoms with van der Waals surface area (Å²) in [5.74, 6) is -0.518. The van der Waals surface area contributed by atoms with Gasteiger partial charge in [-0.15, -0.1) is 11.3 Å². The summed E-state index contributed by atoms with van der Waals surface area (Å²) in [6.45, 7) is 3.64. The molecule has 0 saturated carbocycles. The summed E-state index contributed by atoms with van der Waals surface area (Å²) in [7, 11) is 0. The van der Waals surface area contributed by atoms with Crippen LogP contribution in [0.15, 0.2) is 62.8 Å². The van der Waals surface area contributed by atoms with Crippen molar-refractivity contribution < 1.29 is 14.5 Å². The molecule has 31 heavy (non-hydrogen) atoms. The van der Waals surface area contributed by atoms with Crippen LogP contribution in [0.1, 0.15) is 30.3 Å². The van der Waals surface area contributed by atoms with E-state index < -0.39 is 16.9 Å². The van der Waals surface area contributed by atoms with Crippen molar-refractivity contribution in [2.24, 2.45) is 4.99 Å². The van der Waals surface area contributed by atoms with Gasteiger partial charge in [0.15, 0.2) is 4.80 Å². The van der Waals surface area contributed by atoms with Crippen LogP contribution in [0.4, 0.5) is 5.69 Å². The molecule has 4 rings (SSSR count). The van der Waals surface area contributed by atoms with Crippen LogP contribution in [0, 0.1) is 10.1 Å². The Morgan fingerprint density at radius 3 is 2.77 bits per heavy atom. The standard InChI is InChI=1S/C21H17N3O5S2/c1-3-29-20(26)17-12(2)22-21-23(18(17)15-9-6-10-30-15)19(25)16(31-21)11-13-7-4-5-8-14(13)24(27)28/h4-11,18H,3H2,1-2H3/b16-11-. The highest BCUT2D eigenvalue weighted by atomic mass is 32.1. The number of thiazole rings is 1. The van der Waals surface area contributed by atoms with E-state index in [9.17, 15) is 19.7 Å². The van der Waals surface area contributed by atoms with Gasteiger partial charge in [0.05, 0.1) is 32.9 Å². The molecule has 0 fully saturated rings. The smallest absolute Gasteiger partial charge is 0.338 e. The molecule has 2 aromatic heterocycles. The molecule has 1 aliphatic rings. The van der Waals surface area contributed by atoms with E-state index in [-0.39, 0.29) is 17.9 Å². The van der Waals surface area contributed by atoms with Gasteiger partial charge in [0.2, 0.25) is 0 Å². The summed E-state index contributed by atoms with van der Waals surface area (Å²) in [5.41, 5.74) is 0.664. The summed E-state index contributed by atoms with van der Waals surface area (Å²) in [4.78, 5) is 42.7. The minimum atomic E-state index is -0.664. The fourth-order valence-electron chi connectivity index (χ4n) is 3.42. The third kappa shape index (κ3) is 3.75. The van der Waals surface area contributed by atoms with Gasteiger partial charge in [-0.05, 0) is 37.4 Å². The molecule has 8 nitrogen and oxygen atoms in total. The molecule has 0 spiro atoms. The summed E-state index contributed by atoms with van der Waals surface area (Å²) in [5, 5.41) is 13.2. The Labute approximate surface area is 184 Å². The van der Waals surface area contributed by atoms with Gasteiger partial charge in [0.25, 0.3) is 11.2 Å². The maximum Gasteiger partial charge on any atom is 0.338 e. The quantitative estimate of drug-likeness (QED) is 0.334. The number of rotatable bonds is 5. The van der Waals surface area contributed by atoms with Gasteiger partial charge >= 0.3 is 5.97 Å². The topological polar surface area (TPSA) is 104 Å². The maximum atomic E-state index is 13.4. The van der Waals surface area contributed by atoms with Gasteiger partial charge in [-0.1, -0.05) is 29.5 Å². The van der Waals surface area contributed by atoms with Crippen molar-refractivity contribution in [2.75, 3.05) is 6.61 Å². The van der Waals surface area contributed by atoms with Crippen LogP contribution in [0.2, 0.25) is 0 Å². The van der Waals surface area contributed by atoms with Crippen molar-refractivity contribution in [1.29, 1.82) is 0 Å². The van der Waals surface area contributed by atoms with Gasteiger partial charge in [0.1, 0.15) is 6.04 Å². The van der Waals surface area contributed by atoms with E-state index in [1.807, 2.05) is 17.5 Å². The molecule has 0 amide bonds. The van der Waals surface area contributed by atoms with Crippen LogP contribution < -0.4 is 14.9 Å². The minimum absolute atomic E-state index is 0.0912. The molecule has 1 aliphatic heterocycles. The first-order valence-electron chi connectivity index (χ1n) is 9.39. The van der Waals surface area contributed by atoms with E-state index in [0.29, 0.717) is 26.2 Å². The van der Waals surface area contributed by atoms with Crippen molar-refractivity contribution in [2.45, 2.75) is 19.9 Å². The number of aromatic nitrogens is 1. The first-order chi connectivity index (χ1) is 14.9. The molecule has 3 heterocycles. The number of nitro benzene ring substituents is 1. The molecule has 1 unspecified atom stereocenters. The molecule has 0 N–H and O–H groups in total. The Balaban J connectivity index is 1.96. The highest BCUT2D eigenvalue weighted by molar-refractivity contribution is 7.10. The average Bonchev–Trinajstić information content (AvgIpc) is 3.36. The molecule has 1 atom stereocenters. The van der Waals surface area contributed by atoms with Crippen LogP contribution in [0.5, 0.6) is 0 Å². The molecular weight excluding hydrogens is 438 g/mol. The predicted octanol–water partition coefficient (Wildman–Crippen LogP) is 2.77. The number of allylic oxidation sites excluding steroid dienone is 1. The van der Waals surface area contributed by atoms with Crippen LogP contribution in [0.3, 0.4) is 0 Å². The molecule has 0 radical (unpaired) electrons. The fraction of sp³-hybridized carbons (Fsp3) is 0.190. The number of carbonyl (C=O) groups excluding carboxylic acids is 1. The second kappa shape index (κ2) is 8.40. The Bertz CT molecular complexity index is 1380. The molecule has 158 valence electrons. The molecular formula is C21H17N3O5S2. The lowest BCUT2D eigenvalue weighted by molar-refractivity contribution is -0.385. The van der Waals surface area contributed by atoms with Crippen LogP contribution in [-0.4, -0.2) is 22.1 Å². The number of fused-ring (bicyclic) bond motifs is 1. The third-order valence-electron chi connectivity index (χ3n) is 4.75. The van der Waals surface area contributed by atoms with E-state index in [1.165, 1.54) is 28.0 Å². The lowest BCUT2D eigenvalue weighted by atomic mass is 10.0. The fourth-order valence-corrected chi connectivity index (χ4v) is 5.29. The van der Waals surface area contributed by atoms with Crippen molar-refractivity contribution in [3.05, 3.63) is 93.3 Å². The number of ether oxygens (including phenoxy) is 1. The van der Waals surface area contributed by atoms with E-state index >= 15 is 0 Å². The molecule has 1 aromatic carbocycles. The van der Waals surface area contributed by atoms with Gasteiger partial charge in [0, 0.05) is 10.9 Å². The lowest BCUT2D eigenvalue weighted by Gasteiger charge is -2.23. The molecule has 0 aliphatic carbocycles. The Morgan fingerprint density at radius 1 is 1.32 bits per heavy atom. The van der Waals surface area contributed by atoms with E-state index in [2.05, 4.69) is 4.99 Å². The van der Waals surface area contributed by atoms with E-state index in [1.54, 1.807) is 32.0 Å². The van der Waals surface area contributed by atoms with Crippen molar-refractivity contribution in [3.8, 4) is 0 Å². The first-order valence-corrected chi connectivity index (χ1v) is 11.1. The highest BCUT2D eigenvalue weighted by Crippen LogP contribution is 2.33. The molecule has 0 bridgehead atoms. The number of nitro groups is 1. The first kappa shape index (κ1) is 20.9. The zero-order valence-corrected chi connectivity index (χ0v) is 18.2. The normalized spacial score (nSPS) is 16.1. The zero-order chi connectivity index (χ0) is 22.1. The average molecular weight is 456 g/mol. The minimum Gasteiger partial charge on any atom is -0.463 e. The predicted molar refractivity (Wildman–Crippen MR) is 118 cm³/mol. The summed E-state index contributed by atoms with van der Waals surface area (Å²) in [6, 6.07) is 9.26. The monoisotopic (exact) mass is 455 g/mol. The number of hydrogen-bond acceptors (Lipinski definition) is 8. The number of benzene rings is 1. The molecule has 3 aromatic rings. The Hall–Kier alpha value is -3.37. The number of thiophene rings is 1. The number of esters is 1. The maximum absolute atomic E-state index is 13.4. The van der Waals surface area contributed by atoms with Crippen LogP contribution in [0.25, 0.3) is 6.08 Å². The van der Waals surface area contributed by atoms with Crippen molar-refractivity contribution in [1.82, 2.24) is 4.57 Å². The molecule has 10 heteroatoms. The Kier molecular flexibility index (Phi) is 5.66. The largest absolute Gasteiger partial charge is 0.463 e. The van der Waals surface area contributed by atoms with E-state index in [4.69, 9.17) is 4.74 Å². The van der Waals surface area contributed by atoms with Crippen LogP contribution in [-0.2, 0) is 9.53 Å².